The Morgan fingerprint density at radius 2 is 2.56 bits per heavy atom. The Kier molecular flexibility index (Phi) is 1.72. The lowest BCUT2D eigenvalue weighted by atomic mass is 10.3. The maximum absolute atomic E-state index is 5.39. The van der Waals surface area contributed by atoms with Crippen molar-refractivity contribution < 1.29 is 4.74 Å². The van der Waals surface area contributed by atoms with Gasteiger partial charge in [-0.3, -0.25) is 4.99 Å². The molecule has 1 rings (SSSR count). The molecule has 0 bridgehead atoms. The molecule has 0 unspecified atom stereocenters. The summed E-state index contributed by atoms with van der Waals surface area (Å²) in [6.07, 6.45) is 2.63. The number of hydrogen-bond acceptors (Lipinski definition) is 3. The van der Waals surface area contributed by atoms with Gasteiger partial charge in [-0.05, 0) is 0 Å². The van der Waals surface area contributed by atoms with Crippen LogP contribution in [0.2, 0.25) is 0 Å². The van der Waals surface area contributed by atoms with Crippen molar-refractivity contribution >= 4 is 5.84 Å². The van der Waals surface area contributed by atoms with Crippen LogP contribution in [0.15, 0.2) is 16.8 Å². The predicted molar refractivity (Wildman–Crippen MR) is 36.2 cm³/mol. The first kappa shape index (κ1) is 6.13. The number of dihydropyridines is 1. The molecule has 3 heteroatoms. The molecule has 0 atom stereocenters. The summed E-state index contributed by atoms with van der Waals surface area (Å²) in [7, 11) is 1.64. The van der Waals surface area contributed by atoms with Crippen molar-refractivity contribution in [2.45, 2.75) is 6.42 Å². The van der Waals surface area contributed by atoms with Crippen LogP contribution in [-0.4, -0.2) is 19.5 Å². The molecule has 0 aromatic rings. The summed E-state index contributed by atoms with van der Waals surface area (Å²) >= 11 is 0. The maximum Gasteiger partial charge on any atom is 0.121 e. The van der Waals surface area contributed by atoms with E-state index in [9.17, 15) is 0 Å². The molecule has 0 amide bonds. The van der Waals surface area contributed by atoms with E-state index >= 15 is 0 Å². The number of methoxy groups -OCH3 is 1. The van der Waals surface area contributed by atoms with Crippen molar-refractivity contribution in [2.75, 3.05) is 13.7 Å². The van der Waals surface area contributed by atoms with Gasteiger partial charge in [-0.2, -0.15) is 0 Å². The molecule has 0 aliphatic carbocycles. The van der Waals surface area contributed by atoms with Gasteiger partial charge in [0.2, 0.25) is 0 Å². The summed E-state index contributed by atoms with van der Waals surface area (Å²) < 4.78 is 4.96. The van der Waals surface area contributed by atoms with Crippen molar-refractivity contribution in [1.82, 2.24) is 0 Å². The first-order valence-corrected chi connectivity index (χ1v) is 2.87. The molecule has 1 heterocycles. The molecule has 1 aliphatic rings. The maximum atomic E-state index is 5.39. The fourth-order valence-electron chi connectivity index (χ4n) is 0.739. The third kappa shape index (κ3) is 1.45. The SMILES string of the molecule is COC1=CC(N)=NCC1. The highest BCUT2D eigenvalue weighted by molar-refractivity contribution is 5.92. The highest BCUT2D eigenvalue weighted by Gasteiger charge is 2.01. The van der Waals surface area contributed by atoms with Crippen LogP contribution in [0.4, 0.5) is 0 Å². The number of amidine groups is 1. The standard InChI is InChI=1S/C6H10N2O/c1-9-5-2-3-8-6(7)4-5/h4H,2-3H2,1H3,(H2,7,8). The fourth-order valence-corrected chi connectivity index (χ4v) is 0.739. The summed E-state index contributed by atoms with van der Waals surface area (Å²) in [5.74, 6) is 1.49. The third-order valence-electron chi connectivity index (χ3n) is 1.22. The molecule has 0 fully saturated rings. The van der Waals surface area contributed by atoms with E-state index in [1.54, 1.807) is 13.2 Å². The highest BCUT2D eigenvalue weighted by atomic mass is 16.5. The first-order chi connectivity index (χ1) is 4.33. The lowest BCUT2D eigenvalue weighted by molar-refractivity contribution is 0.278. The van der Waals surface area contributed by atoms with Crippen LogP contribution in [0.5, 0.6) is 0 Å². The normalized spacial score (nSPS) is 18.3. The Morgan fingerprint density at radius 1 is 1.78 bits per heavy atom. The summed E-state index contributed by atoms with van der Waals surface area (Å²) in [6.45, 7) is 0.755. The van der Waals surface area contributed by atoms with Gasteiger partial charge in [0.05, 0.1) is 7.11 Å². The Hall–Kier alpha value is -0.990. The minimum atomic E-state index is 0.568. The second-order valence-corrected chi connectivity index (χ2v) is 1.87. The van der Waals surface area contributed by atoms with Crippen molar-refractivity contribution in [3.05, 3.63) is 11.8 Å². The minimum Gasteiger partial charge on any atom is -0.501 e. The van der Waals surface area contributed by atoms with Crippen LogP contribution in [0.3, 0.4) is 0 Å². The summed E-state index contributed by atoms with van der Waals surface area (Å²) in [5, 5.41) is 0. The molecule has 9 heavy (non-hydrogen) atoms. The number of aliphatic imine (C=N–C) groups is 1. The Labute approximate surface area is 54.2 Å². The summed E-state index contributed by atoms with van der Waals surface area (Å²) in [5.41, 5.74) is 5.39. The van der Waals surface area contributed by atoms with Crippen LogP contribution in [0.25, 0.3) is 0 Å². The molecule has 0 spiro atoms. The summed E-state index contributed by atoms with van der Waals surface area (Å²) in [4.78, 5) is 3.97. The Bertz CT molecular complexity index is 160. The summed E-state index contributed by atoms with van der Waals surface area (Å²) in [6, 6.07) is 0. The third-order valence-corrected chi connectivity index (χ3v) is 1.22. The van der Waals surface area contributed by atoms with Gasteiger partial charge in [0, 0.05) is 19.0 Å². The average molecular weight is 126 g/mol. The molecule has 0 aromatic carbocycles. The second kappa shape index (κ2) is 2.53. The van der Waals surface area contributed by atoms with E-state index in [0.29, 0.717) is 5.84 Å². The molecule has 0 aromatic heterocycles. The van der Waals surface area contributed by atoms with Crippen molar-refractivity contribution in [3.8, 4) is 0 Å². The van der Waals surface area contributed by atoms with Crippen LogP contribution >= 0.6 is 0 Å². The van der Waals surface area contributed by atoms with Crippen LogP contribution in [0, 0.1) is 0 Å². The van der Waals surface area contributed by atoms with Gasteiger partial charge < -0.3 is 10.5 Å². The van der Waals surface area contributed by atoms with Crippen LogP contribution in [-0.2, 0) is 4.74 Å². The smallest absolute Gasteiger partial charge is 0.121 e. The quantitative estimate of drug-likeness (QED) is 0.548. The molecule has 50 valence electrons. The minimum absolute atomic E-state index is 0.568. The van der Waals surface area contributed by atoms with E-state index in [-0.39, 0.29) is 0 Å². The van der Waals surface area contributed by atoms with E-state index in [1.807, 2.05) is 0 Å². The molecule has 2 N–H and O–H groups in total. The second-order valence-electron chi connectivity index (χ2n) is 1.87. The van der Waals surface area contributed by atoms with Crippen molar-refractivity contribution in [1.29, 1.82) is 0 Å². The average Bonchev–Trinajstić information content (AvgIpc) is 1.88. The lowest BCUT2D eigenvalue weighted by Gasteiger charge is -2.08. The van der Waals surface area contributed by atoms with Gasteiger partial charge in [0.15, 0.2) is 0 Å². The first-order valence-electron chi connectivity index (χ1n) is 2.87. The molecular formula is C6H10N2O. The lowest BCUT2D eigenvalue weighted by Crippen LogP contribution is -2.14. The Morgan fingerprint density at radius 3 is 3.00 bits per heavy atom. The van der Waals surface area contributed by atoms with Gasteiger partial charge in [-0.15, -0.1) is 0 Å². The monoisotopic (exact) mass is 126 g/mol. The van der Waals surface area contributed by atoms with E-state index < -0.39 is 0 Å². The number of ether oxygens (including phenoxy) is 1. The van der Waals surface area contributed by atoms with Crippen molar-refractivity contribution in [2.24, 2.45) is 10.7 Å². The van der Waals surface area contributed by atoms with Gasteiger partial charge in [0.1, 0.15) is 11.6 Å². The van der Waals surface area contributed by atoms with Gasteiger partial charge in [0.25, 0.3) is 0 Å². The molecule has 0 saturated carbocycles. The molecular weight excluding hydrogens is 116 g/mol. The molecule has 3 nitrogen and oxygen atoms in total. The van der Waals surface area contributed by atoms with Crippen molar-refractivity contribution in [3.63, 3.8) is 0 Å². The zero-order valence-electron chi connectivity index (χ0n) is 5.42. The van der Waals surface area contributed by atoms with Gasteiger partial charge in [-0.25, -0.2) is 0 Å². The van der Waals surface area contributed by atoms with E-state index in [0.717, 1.165) is 18.7 Å². The zero-order valence-corrected chi connectivity index (χ0v) is 5.42. The number of nitrogens with zero attached hydrogens (tertiary/aromatic N) is 1. The van der Waals surface area contributed by atoms with Gasteiger partial charge >= 0.3 is 0 Å². The van der Waals surface area contributed by atoms with E-state index in [2.05, 4.69) is 4.99 Å². The zero-order chi connectivity index (χ0) is 6.69. The van der Waals surface area contributed by atoms with E-state index in [1.165, 1.54) is 0 Å². The topological polar surface area (TPSA) is 47.6 Å². The Balaban J connectivity index is 2.63. The molecule has 1 aliphatic heterocycles. The molecule has 0 saturated heterocycles. The van der Waals surface area contributed by atoms with Crippen LogP contribution in [0.1, 0.15) is 6.42 Å². The van der Waals surface area contributed by atoms with Crippen LogP contribution < -0.4 is 5.73 Å². The predicted octanol–water partition coefficient (Wildman–Crippen LogP) is 0.278. The number of hydrogen-bond donors (Lipinski definition) is 1. The number of rotatable bonds is 1. The van der Waals surface area contributed by atoms with E-state index in [4.69, 9.17) is 10.5 Å². The fraction of sp³-hybridized carbons (Fsp3) is 0.500. The van der Waals surface area contributed by atoms with Gasteiger partial charge in [-0.1, -0.05) is 0 Å². The number of nitrogens with two attached hydrogens (primary N) is 1. The highest BCUT2D eigenvalue weighted by Crippen LogP contribution is 2.05. The largest absolute Gasteiger partial charge is 0.501 e. The molecule has 0 radical (unpaired) electrons.